The summed E-state index contributed by atoms with van der Waals surface area (Å²) >= 11 is 1.43. The molecule has 6 nitrogen and oxygen atoms in total. The maximum atomic E-state index is 13.3. The summed E-state index contributed by atoms with van der Waals surface area (Å²) in [5.74, 6) is -2.77. The number of para-hydroxylation sites is 3. The maximum absolute atomic E-state index is 13.3. The van der Waals surface area contributed by atoms with Gasteiger partial charge in [0.25, 0.3) is 5.91 Å². The molecule has 0 saturated heterocycles. The van der Waals surface area contributed by atoms with Gasteiger partial charge in [0.05, 0.1) is 16.7 Å². The molecule has 0 saturated carbocycles. The Balaban J connectivity index is 1.68. The lowest BCUT2D eigenvalue weighted by Crippen LogP contribution is -2.25. The summed E-state index contributed by atoms with van der Waals surface area (Å²) in [5, 5.41) is 2.60. The van der Waals surface area contributed by atoms with E-state index in [0.29, 0.717) is 5.69 Å². The molecule has 152 valence electrons. The minimum atomic E-state index is -4.74. The molecule has 0 aliphatic rings. The third-order valence-electron chi connectivity index (χ3n) is 3.94. The molecule has 3 rings (SSSR count). The molecule has 1 aromatic heterocycles. The molecule has 0 unspecified atom stereocenters. The summed E-state index contributed by atoms with van der Waals surface area (Å²) < 4.78 is 45.4. The van der Waals surface area contributed by atoms with Crippen molar-refractivity contribution >= 4 is 40.4 Å². The van der Waals surface area contributed by atoms with Crippen LogP contribution < -0.4 is 5.32 Å². The molecule has 1 N–H and O–H groups in total. The number of ether oxygens (including phenoxy) is 1. The Morgan fingerprint density at radius 2 is 1.83 bits per heavy atom. The number of nitrogens with one attached hydrogen (secondary N) is 1. The lowest BCUT2D eigenvalue weighted by Gasteiger charge is -2.12. The summed E-state index contributed by atoms with van der Waals surface area (Å²) in [6.07, 6.45) is -2.89. The highest BCUT2D eigenvalue weighted by Crippen LogP contribution is 2.31. The monoisotopic (exact) mass is 423 g/mol. The normalized spacial score (nSPS) is 11.4. The lowest BCUT2D eigenvalue weighted by atomic mass is 10.3. The molecule has 29 heavy (non-hydrogen) atoms. The largest absolute Gasteiger partial charge is 0.454 e. The summed E-state index contributed by atoms with van der Waals surface area (Å²) in [4.78, 5) is 28.5. The fourth-order valence-electron chi connectivity index (χ4n) is 2.71. The van der Waals surface area contributed by atoms with Gasteiger partial charge >= 0.3 is 12.1 Å². The second-order valence-electron chi connectivity index (χ2n) is 5.92. The second kappa shape index (κ2) is 8.56. The van der Waals surface area contributed by atoms with Crippen LogP contribution in [0, 0.1) is 0 Å². The van der Waals surface area contributed by atoms with Crippen molar-refractivity contribution in [2.45, 2.75) is 17.6 Å². The molecule has 3 aromatic rings. The molecule has 0 radical (unpaired) electrons. The van der Waals surface area contributed by atoms with E-state index in [1.165, 1.54) is 23.9 Å². The van der Waals surface area contributed by atoms with Gasteiger partial charge in [-0.15, -0.1) is 11.8 Å². The second-order valence-corrected chi connectivity index (χ2v) is 6.77. The first-order valence-corrected chi connectivity index (χ1v) is 9.63. The van der Waals surface area contributed by atoms with Gasteiger partial charge in [-0.2, -0.15) is 13.2 Å². The Kier molecular flexibility index (Phi) is 6.12. The van der Waals surface area contributed by atoms with Crippen LogP contribution in [0.5, 0.6) is 0 Å². The molecular weight excluding hydrogens is 407 g/mol. The Morgan fingerprint density at radius 3 is 2.55 bits per heavy atom. The van der Waals surface area contributed by atoms with Crippen LogP contribution in [-0.2, 0) is 27.0 Å². The van der Waals surface area contributed by atoms with E-state index in [1.54, 1.807) is 24.3 Å². The number of alkyl halides is 3. The van der Waals surface area contributed by atoms with Crippen molar-refractivity contribution in [1.29, 1.82) is 0 Å². The Bertz CT molecular complexity index is 1050. The smallest absolute Gasteiger partial charge is 0.449 e. The van der Waals surface area contributed by atoms with E-state index in [-0.39, 0.29) is 11.0 Å². The van der Waals surface area contributed by atoms with Gasteiger partial charge in [-0.3, -0.25) is 9.59 Å². The number of fused-ring (bicyclic) bond motifs is 1. The molecule has 0 atom stereocenters. The molecule has 2 aromatic carbocycles. The number of hydrogen-bond donors (Lipinski definition) is 1. The average molecular weight is 423 g/mol. The molecule has 1 heterocycles. The van der Waals surface area contributed by atoms with Gasteiger partial charge in [0, 0.05) is 4.90 Å². The Labute approximate surface area is 168 Å². The molecule has 0 bridgehead atoms. The molecular formula is C19H16F3N3O3S. The van der Waals surface area contributed by atoms with Gasteiger partial charge < -0.3 is 14.6 Å². The number of halogens is 3. The van der Waals surface area contributed by atoms with Gasteiger partial charge in [0.15, 0.2) is 6.61 Å². The zero-order chi connectivity index (χ0) is 21.0. The minimum absolute atomic E-state index is 0.110. The number of thioether (sulfide) groups is 1. The van der Waals surface area contributed by atoms with Crippen molar-refractivity contribution in [3.8, 4) is 0 Å². The highest BCUT2D eigenvalue weighted by Gasteiger charge is 2.38. The number of carbonyl (C=O) groups is 2. The van der Waals surface area contributed by atoms with E-state index >= 15 is 0 Å². The van der Waals surface area contributed by atoms with E-state index in [1.807, 2.05) is 18.4 Å². The van der Waals surface area contributed by atoms with Crippen molar-refractivity contribution in [2.24, 2.45) is 0 Å². The van der Waals surface area contributed by atoms with E-state index in [2.05, 4.69) is 10.3 Å². The number of aromatic nitrogens is 2. The molecule has 0 aliphatic heterocycles. The first-order valence-electron chi connectivity index (χ1n) is 8.40. The van der Waals surface area contributed by atoms with Crippen LogP contribution in [0.3, 0.4) is 0 Å². The third-order valence-corrected chi connectivity index (χ3v) is 4.74. The molecule has 0 aliphatic carbocycles. The number of imidazole rings is 1. The first kappa shape index (κ1) is 20.7. The minimum Gasteiger partial charge on any atom is -0.454 e. The quantitative estimate of drug-likeness (QED) is 0.480. The predicted molar refractivity (Wildman–Crippen MR) is 103 cm³/mol. The predicted octanol–water partition coefficient (Wildman–Crippen LogP) is 3.96. The molecule has 1 amide bonds. The van der Waals surface area contributed by atoms with Crippen LogP contribution in [0.2, 0.25) is 0 Å². The molecule has 0 spiro atoms. The van der Waals surface area contributed by atoms with Crippen LogP contribution in [0.4, 0.5) is 18.9 Å². The number of anilines is 1. The fourth-order valence-corrected chi connectivity index (χ4v) is 3.26. The molecule has 0 fully saturated rings. The van der Waals surface area contributed by atoms with E-state index in [4.69, 9.17) is 4.74 Å². The van der Waals surface area contributed by atoms with Gasteiger partial charge in [-0.05, 0) is 30.5 Å². The topological polar surface area (TPSA) is 73.2 Å². The number of amides is 1. The number of esters is 1. The van der Waals surface area contributed by atoms with Crippen LogP contribution in [0.15, 0.2) is 53.4 Å². The number of nitrogens with zero attached hydrogens (tertiary/aromatic N) is 2. The summed E-state index contributed by atoms with van der Waals surface area (Å²) in [6.45, 7) is -1.33. The zero-order valence-corrected chi connectivity index (χ0v) is 16.0. The Morgan fingerprint density at radius 1 is 1.14 bits per heavy atom. The van der Waals surface area contributed by atoms with Crippen molar-refractivity contribution in [1.82, 2.24) is 9.55 Å². The van der Waals surface area contributed by atoms with Crippen LogP contribution in [0.25, 0.3) is 11.0 Å². The number of hydrogen-bond acceptors (Lipinski definition) is 5. The zero-order valence-electron chi connectivity index (χ0n) is 15.2. The average Bonchev–Trinajstić information content (AvgIpc) is 3.06. The highest BCUT2D eigenvalue weighted by atomic mass is 32.2. The van der Waals surface area contributed by atoms with Gasteiger partial charge in [0.2, 0.25) is 5.82 Å². The van der Waals surface area contributed by atoms with Crippen LogP contribution in [0.1, 0.15) is 5.82 Å². The lowest BCUT2D eigenvalue weighted by molar-refractivity contribution is -0.152. The highest BCUT2D eigenvalue weighted by molar-refractivity contribution is 7.98. The van der Waals surface area contributed by atoms with Crippen molar-refractivity contribution in [2.75, 3.05) is 18.2 Å². The number of rotatable bonds is 6. The summed E-state index contributed by atoms with van der Waals surface area (Å²) in [5.41, 5.74) is 0.815. The van der Waals surface area contributed by atoms with E-state index in [9.17, 15) is 22.8 Å². The fraction of sp³-hybridized carbons (Fsp3) is 0.211. The van der Waals surface area contributed by atoms with Crippen LogP contribution >= 0.6 is 11.8 Å². The first-order chi connectivity index (χ1) is 13.8. The summed E-state index contributed by atoms with van der Waals surface area (Å²) in [6, 6.07) is 13.0. The SMILES string of the molecule is CSc1ccccc1NC(=O)COC(=O)Cn1c(C(F)(F)F)nc2ccccc21. The van der Waals surface area contributed by atoms with Gasteiger partial charge in [-0.1, -0.05) is 24.3 Å². The number of carbonyl (C=O) groups excluding carboxylic acids is 2. The molecule has 10 heteroatoms. The standard InChI is InChI=1S/C19H16F3N3O3S/c1-29-15-9-5-3-7-13(15)23-16(26)11-28-17(27)10-25-14-8-4-2-6-12(14)24-18(25)19(20,21)22/h2-9H,10-11H2,1H3,(H,23,26). The van der Waals surface area contributed by atoms with Gasteiger partial charge in [-0.25, -0.2) is 4.98 Å². The van der Waals surface area contributed by atoms with Crippen molar-refractivity contribution in [3.05, 3.63) is 54.4 Å². The third kappa shape index (κ3) is 4.89. The van der Waals surface area contributed by atoms with Crippen LogP contribution in [-0.4, -0.2) is 34.3 Å². The summed E-state index contributed by atoms with van der Waals surface area (Å²) in [7, 11) is 0. The van der Waals surface area contributed by atoms with Crippen molar-refractivity contribution in [3.63, 3.8) is 0 Å². The van der Waals surface area contributed by atoms with E-state index < -0.39 is 37.0 Å². The maximum Gasteiger partial charge on any atom is 0.449 e. The Hall–Kier alpha value is -3.01. The van der Waals surface area contributed by atoms with Crippen molar-refractivity contribution < 1.29 is 27.5 Å². The number of benzene rings is 2. The van der Waals surface area contributed by atoms with Gasteiger partial charge in [0.1, 0.15) is 6.54 Å². The van der Waals surface area contributed by atoms with E-state index in [0.717, 1.165) is 9.46 Å².